The molecule has 0 bridgehead atoms. The molecule has 0 radical (unpaired) electrons. The van der Waals surface area contributed by atoms with Gasteiger partial charge in [-0.05, 0) is 25.0 Å². The predicted octanol–water partition coefficient (Wildman–Crippen LogP) is 1.31. The number of carbonyl (C=O) groups excluding carboxylic acids is 3. The van der Waals surface area contributed by atoms with E-state index in [9.17, 15) is 24.0 Å². The first-order chi connectivity index (χ1) is 13.5. The predicted molar refractivity (Wildman–Crippen MR) is 98.3 cm³/mol. The number of carbonyl (C=O) groups is 3. The highest BCUT2D eigenvalue weighted by molar-refractivity contribution is 5.97. The quantitative estimate of drug-likeness (QED) is 0.238. The Hall–Kier alpha value is -2.59. The minimum atomic E-state index is -0.767. The molecule has 154 valence electrons. The molecule has 0 aliphatic carbocycles. The molecule has 2 atom stereocenters. The average Bonchev–Trinajstić information content (AvgIpc) is 3.18. The van der Waals surface area contributed by atoms with Gasteiger partial charge in [0.1, 0.15) is 17.7 Å². The van der Waals surface area contributed by atoms with Gasteiger partial charge in [0.05, 0.1) is 18.7 Å². The average molecular weight is 395 g/mol. The molecule has 1 fully saturated rings. The lowest BCUT2D eigenvalue weighted by molar-refractivity contribution is -0.159. The highest BCUT2D eigenvalue weighted by atomic mass is 19.1. The zero-order chi connectivity index (χ0) is 20.5. The Labute approximate surface area is 162 Å². The molecule has 10 heteroatoms. The van der Waals surface area contributed by atoms with E-state index < -0.39 is 23.7 Å². The maximum absolute atomic E-state index is 13.0. The number of unbranched alkanes of at least 4 members (excludes halogenated alkanes) is 2. The van der Waals surface area contributed by atoms with Crippen LogP contribution in [0.4, 0.5) is 10.2 Å². The summed E-state index contributed by atoms with van der Waals surface area (Å²) in [5.74, 6) is -1.77. The normalized spacial score (nSPS) is 17.2. The number of pyridine rings is 1. The number of anilines is 1. The fourth-order valence-corrected chi connectivity index (χ4v) is 3.10. The van der Waals surface area contributed by atoms with Crippen molar-refractivity contribution in [3.8, 4) is 0 Å². The van der Waals surface area contributed by atoms with Gasteiger partial charge in [-0.2, -0.15) is 0 Å². The first kappa shape index (κ1) is 21.7. The van der Waals surface area contributed by atoms with E-state index in [-0.39, 0.29) is 24.7 Å². The fourth-order valence-electron chi connectivity index (χ4n) is 3.10. The largest absolute Gasteiger partial charge is 0.309 e. The third-order valence-corrected chi connectivity index (χ3v) is 4.56. The van der Waals surface area contributed by atoms with Gasteiger partial charge in [-0.25, -0.2) is 19.9 Å². The van der Waals surface area contributed by atoms with Crippen molar-refractivity contribution in [2.24, 2.45) is 5.92 Å². The van der Waals surface area contributed by atoms with Gasteiger partial charge in [0.2, 0.25) is 18.2 Å². The molecule has 3 amide bonds. The number of nitrogens with one attached hydrogen (secondary N) is 2. The molecule has 1 aliphatic rings. The summed E-state index contributed by atoms with van der Waals surface area (Å²) in [4.78, 5) is 40.1. The Morgan fingerprint density at radius 1 is 1.50 bits per heavy atom. The van der Waals surface area contributed by atoms with Crippen molar-refractivity contribution < 1.29 is 24.0 Å². The number of nitrogens with zero attached hydrogens (tertiary/aromatic N) is 3. The van der Waals surface area contributed by atoms with Crippen LogP contribution in [0.1, 0.15) is 39.0 Å². The molecule has 2 unspecified atom stereocenters. The molecular formula is C18H26FN5O4. The standard InChI is InChI=1S/C18H26FN5O4/c1-2-3-4-5-13(11-23(28)12-25)18(27)24-15(8-9-21-24)17(26)22-16-7-6-14(19)10-20-16/h6-7,10,12-13,15,21,28H,2-5,8-9,11H2,1H3,(H,20,22,26). The molecule has 1 aliphatic heterocycles. The van der Waals surface area contributed by atoms with E-state index >= 15 is 0 Å². The Kier molecular flexibility index (Phi) is 8.27. The van der Waals surface area contributed by atoms with Crippen LogP contribution in [0.2, 0.25) is 0 Å². The number of amides is 3. The van der Waals surface area contributed by atoms with Crippen molar-refractivity contribution in [3.05, 3.63) is 24.1 Å². The molecular weight excluding hydrogens is 369 g/mol. The number of aromatic nitrogens is 1. The summed E-state index contributed by atoms with van der Waals surface area (Å²) in [6.07, 6.45) is 4.79. The van der Waals surface area contributed by atoms with Crippen LogP contribution < -0.4 is 10.7 Å². The van der Waals surface area contributed by atoms with Gasteiger partial charge in [0.25, 0.3) is 0 Å². The van der Waals surface area contributed by atoms with Crippen molar-refractivity contribution in [1.29, 1.82) is 0 Å². The first-order valence-electron chi connectivity index (χ1n) is 9.36. The summed E-state index contributed by atoms with van der Waals surface area (Å²) in [6.45, 7) is 2.32. The summed E-state index contributed by atoms with van der Waals surface area (Å²) < 4.78 is 13.0. The number of hydroxylamine groups is 2. The topological polar surface area (TPSA) is 115 Å². The van der Waals surface area contributed by atoms with Crippen LogP contribution in [-0.2, 0) is 14.4 Å². The molecule has 1 aromatic rings. The summed E-state index contributed by atoms with van der Waals surface area (Å²) >= 11 is 0. The van der Waals surface area contributed by atoms with E-state index in [2.05, 4.69) is 15.7 Å². The van der Waals surface area contributed by atoms with Crippen molar-refractivity contribution in [2.75, 3.05) is 18.4 Å². The molecule has 1 saturated heterocycles. The monoisotopic (exact) mass is 395 g/mol. The van der Waals surface area contributed by atoms with E-state index in [4.69, 9.17) is 0 Å². The van der Waals surface area contributed by atoms with E-state index in [0.29, 0.717) is 24.4 Å². The van der Waals surface area contributed by atoms with Gasteiger partial charge >= 0.3 is 0 Å². The SMILES string of the molecule is CCCCCC(CN(O)C=O)C(=O)N1NCCC1C(=O)Nc1ccc(F)cn1. The maximum atomic E-state index is 13.0. The first-order valence-corrected chi connectivity index (χ1v) is 9.36. The molecule has 0 aromatic carbocycles. The lowest BCUT2D eigenvalue weighted by Crippen LogP contribution is -2.51. The highest BCUT2D eigenvalue weighted by Gasteiger charge is 2.37. The summed E-state index contributed by atoms with van der Waals surface area (Å²) in [5.41, 5.74) is 2.90. The van der Waals surface area contributed by atoms with Gasteiger partial charge in [-0.15, -0.1) is 0 Å². The van der Waals surface area contributed by atoms with Crippen LogP contribution in [0.15, 0.2) is 18.3 Å². The van der Waals surface area contributed by atoms with Gasteiger partial charge in [-0.3, -0.25) is 24.6 Å². The van der Waals surface area contributed by atoms with Crippen LogP contribution in [0.3, 0.4) is 0 Å². The molecule has 28 heavy (non-hydrogen) atoms. The minimum absolute atomic E-state index is 0.141. The number of hydrogen-bond donors (Lipinski definition) is 3. The minimum Gasteiger partial charge on any atom is -0.309 e. The highest BCUT2D eigenvalue weighted by Crippen LogP contribution is 2.19. The van der Waals surface area contributed by atoms with Crippen LogP contribution >= 0.6 is 0 Å². The van der Waals surface area contributed by atoms with Crippen molar-refractivity contribution in [2.45, 2.75) is 45.1 Å². The maximum Gasteiger partial charge on any atom is 0.250 e. The number of rotatable bonds is 10. The Balaban J connectivity index is 2.05. The Morgan fingerprint density at radius 2 is 2.29 bits per heavy atom. The van der Waals surface area contributed by atoms with Gasteiger partial charge in [-0.1, -0.05) is 26.2 Å². The van der Waals surface area contributed by atoms with Crippen LogP contribution in [0, 0.1) is 11.7 Å². The van der Waals surface area contributed by atoms with E-state index in [1.807, 2.05) is 6.92 Å². The number of hydrogen-bond acceptors (Lipinski definition) is 6. The molecule has 2 rings (SSSR count). The van der Waals surface area contributed by atoms with Crippen LogP contribution in [-0.4, -0.2) is 57.6 Å². The van der Waals surface area contributed by atoms with Crippen LogP contribution in [0.5, 0.6) is 0 Å². The molecule has 1 aromatic heterocycles. The number of halogens is 1. The van der Waals surface area contributed by atoms with Gasteiger partial charge in [0, 0.05) is 6.54 Å². The zero-order valence-corrected chi connectivity index (χ0v) is 15.8. The summed E-state index contributed by atoms with van der Waals surface area (Å²) in [5, 5.41) is 13.8. The molecule has 0 spiro atoms. The van der Waals surface area contributed by atoms with E-state index in [0.717, 1.165) is 25.5 Å². The van der Waals surface area contributed by atoms with Gasteiger partial charge in [0.15, 0.2) is 0 Å². The van der Waals surface area contributed by atoms with E-state index in [1.165, 1.54) is 17.1 Å². The fraction of sp³-hybridized carbons (Fsp3) is 0.556. The van der Waals surface area contributed by atoms with Crippen molar-refractivity contribution in [3.63, 3.8) is 0 Å². The van der Waals surface area contributed by atoms with Crippen molar-refractivity contribution in [1.82, 2.24) is 20.5 Å². The van der Waals surface area contributed by atoms with Crippen molar-refractivity contribution >= 4 is 24.0 Å². The Bertz CT molecular complexity index is 672. The number of hydrazine groups is 1. The van der Waals surface area contributed by atoms with E-state index in [1.54, 1.807) is 0 Å². The summed E-state index contributed by atoms with van der Waals surface area (Å²) in [6, 6.07) is 1.75. The molecule has 2 heterocycles. The molecule has 3 N–H and O–H groups in total. The lowest BCUT2D eigenvalue weighted by atomic mass is 9.99. The molecule has 9 nitrogen and oxygen atoms in total. The zero-order valence-electron chi connectivity index (χ0n) is 15.8. The molecule has 0 saturated carbocycles. The Morgan fingerprint density at radius 3 is 2.93 bits per heavy atom. The second kappa shape index (κ2) is 10.7. The summed E-state index contributed by atoms with van der Waals surface area (Å²) in [7, 11) is 0. The second-order valence-electron chi connectivity index (χ2n) is 6.69. The third-order valence-electron chi connectivity index (χ3n) is 4.56. The van der Waals surface area contributed by atoms with Crippen LogP contribution in [0.25, 0.3) is 0 Å². The third kappa shape index (κ3) is 5.96. The van der Waals surface area contributed by atoms with Gasteiger partial charge < -0.3 is 5.32 Å². The smallest absolute Gasteiger partial charge is 0.250 e. The lowest BCUT2D eigenvalue weighted by Gasteiger charge is -2.28. The second-order valence-corrected chi connectivity index (χ2v) is 6.69.